The summed E-state index contributed by atoms with van der Waals surface area (Å²) in [6, 6.07) is 4.56. The Bertz CT molecular complexity index is 510. The lowest BCUT2D eigenvalue weighted by Crippen LogP contribution is -2.25. The highest BCUT2D eigenvalue weighted by atomic mass is 16.6. The number of anilines is 1. The van der Waals surface area contributed by atoms with Crippen molar-refractivity contribution in [3.63, 3.8) is 0 Å². The van der Waals surface area contributed by atoms with Gasteiger partial charge in [0.1, 0.15) is 0 Å². The first-order chi connectivity index (χ1) is 9.56. The summed E-state index contributed by atoms with van der Waals surface area (Å²) in [5, 5.41) is 13.5. The quantitative estimate of drug-likeness (QED) is 0.678. The van der Waals surface area contributed by atoms with Crippen molar-refractivity contribution >= 4 is 17.3 Å². The molecule has 1 amide bonds. The first kappa shape index (κ1) is 14.5. The summed E-state index contributed by atoms with van der Waals surface area (Å²) in [4.78, 5) is 22.2. The van der Waals surface area contributed by atoms with Crippen molar-refractivity contribution in [1.82, 2.24) is 0 Å². The molecule has 0 saturated carbocycles. The van der Waals surface area contributed by atoms with Crippen LogP contribution < -0.4 is 5.32 Å². The number of nitrogens with one attached hydrogen (secondary N) is 1. The molecule has 0 spiro atoms. The van der Waals surface area contributed by atoms with Crippen LogP contribution in [0.25, 0.3) is 0 Å². The summed E-state index contributed by atoms with van der Waals surface area (Å²) >= 11 is 0. The smallest absolute Gasteiger partial charge is 0.272 e. The Balaban J connectivity index is 1.93. The van der Waals surface area contributed by atoms with Crippen molar-refractivity contribution in [1.29, 1.82) is 0 Å². The number of benzene rings is 1. The van der Waals surface area contributed by atoms with E-state index in [1.807, 2.05) is 0 Å². The molecule has 20 heavy (non-hydrogen) atoms. The topological polar surface area (TPSA) is 81.5 Å². The summed E-state index contributed by atoms with van der Waals surface area (Å²) in [5.74, 6) is -0.120. The monoisotopic (exact) mass is 278 g/mol. The number of rotatable bonds is 4. The lowest BCUT2D eigenvalue weighted by atomic mass is 10.1. The second-order valence-corrected chi connectivity index (χ2v) is 5.00. The number of aryl methyl sites for hydroxylation is 1. The molecule has 1 unspecified atom stereocenters. The third-order valence-corrected chi connectivity index (χ3v) is 3.36. The fourth-order valence-electron chi connectivity index (χ4n) is 2.33. The summed E-state index contributed by atoms with van der Waals surface area (Å²) in [6.45, 7) is 2.37. The first-order valence-corrected chi connectivity index (χ1v) is 6.73. The van der Waals surface area contributed by atoms with E-state index < -0.39 is 4.92 Å². The fraction of sp³-hybridized carbons (Fsp3) is 0.500. The molecule has 6 heteroatoms. The van der Waals surface area contributed by atoms with Gasteiger partial charge in [-0.1, -0.05) is 0 Å². The highest BCUT2D eigenvalue weighted by Crippen LogP contribution is 2.22. The van der Waals surface area contributed by atoms with Crippen LogP contribution in [0.4, 0.5) is 11.4 Å². The van der Waals surface area contributed by atoms with E-state index in [9.17, 15) is 14.9 Å². The van der Waals surface area contributed by atoms with Crippen LogP contribution >= 0.6 is 0 Å². The summed E-state index contributed by atoms with van der Waals surface area (Å²) in [7, 11) is 0. The maximum atomic E-state index is 11.9. The molecule has 1 saturated heterocycles. The zero-order valence-electron chi connectivity index (χ0n) is 11.4. The van der Waals surface area contributed by atoms with Crippen molar-refractivity contribution in [2.45, 2.75) is 38.7 Å². The second kappa shape index (κ2) is 6.47. The molecule has 1 heterocycles. The van der Waals surface area contributed by atoms with E-state index in [-0.39, 0.29) is 17.7 Å². The van der Waals surface area contributed by atoms with Crippen LogP contribution in [-0.2, 0) is 9.53 Å². The van der Waals surface area contributed by atoms with Crippen LogP contribution in [-0.4, -0.2) is 23.5 Å². The molecule has 1 fully saturated rings. The number of nitro groups is 1. The molecule has 1 N–H and O–H groups in total. The normalized spacial score (nSPS) is 18.6. The second-order valence-electron chi connectivity index (χ2n) is 5.00. The lowest BCUT2D eigenvalue weighted by Gasteiger charge is -2.21. The Morgan fingerprint density at radius 1 is 1.50 bits per heavy atom. The maximum Gasteiger partial charge on any atom is 0.272 e. The molecular formula is C14H18N2O4. The van der Waals surface area contributed by atoms with Gasteiger partial charge in [0, 0.05) is 23.9 Å². The van der Waals surface area contributed by atoms with Gasteiger partial charge < -0.3 is 10.1 Å². The third-order valence-electron chi connectivity index (χ3n) is 3.36. The van der Waals surface area contributed by atoms with Gasteiger partial charge in [-0.2, -0.15) is 0 Å². The standard InChI is InChI=1S/C14H18N2O4/c1-10-8-11(5-6-13(10)16(18)19)15-14(17)9-12-4-2-3-7-20-12/h5-6,8,12H,2-4,7,9H2,1H3,(H,15,17). The highest BCUT2D eigenvalue weighted by molar-refractivity contribution is 5.91. The van der Waals surface area contributed by atoms with Gasteiger partial charge in [0.25, 0.3) is 5.69 Å². The number of nitrogens with zero attached hydrogens (tertiary/aromatic N) is 1. The van der Waals surface area contributed by atoms with Gasteiger partial charge in [-0.15, -0.1) is 0 Å². The average Bonchev–Trinajstić information content (AvgIpc) is 2.39. The Kier molecular flexibility index (Phi) is 4.68. The van der Waals surface area contributed by atoms with Crippen molar-refractivity contribution < 1.29 is 14.5 Å². The van der Waals surface area contributed by atoms with Crippen molar-refractivity contribution in [2.75, 3.05) is 11.9 Å². The van der Waals surface area contributed by atoms with Crippen molar-refractivity contribution in [3.8, 4) is 0 Å². The van der Waals surface area contributed by atoms with E-state index in [0.29, 0.717) is 24.3 Å². The number of hydrogen-bond donors (Lipinski definition) is 1. The molecule has 1 aromatic carbocycles. The minimum absolute atomic E-state index is 0.0112. The van der Waals surface area contributed by atoms with Crippen LogP contribution in [0.1, 0.15) is 31.2 Å². The highest BCUT2D eigenvalue weighted by Gasteiger charge is 2.18. The minimum Gasteiger partial charge on any atom is -0.378 e. The number of carbonyl (C=O) groups is 1. The van der Waals surface area contributed by atoms with Crippen LogP contribution in [0.3, 0.4) is 0 Å². The third kappa shape index (κ3) is 3.77. The van der Waals surface area contributed by atoms with Crippen LogP contribution in [0.15, 0.2) is 18.2 Å². The molecule has 0 aromatic heterocycles. The zero-order valence-corrected chi connectivity index (χ0v) is 11.4. The van der Waals surface area contributed by atoms with E-state index in [2.05, 4.69) is 5.32 Å². The molecular weight excluding hydrogens is 260 g/mol. The summed E-state index contributed by atoms with van der Waals surface area (Å²) in [6.07, 6.45) is 3.37. The van der Waals surface area contributed by atoms with Gasteiger partial charge in [-0.3, -0.25) is 14.9 Å². The van der Waals surface area contributed by atoms with Gasteiger partial charge in [0.15, 0.2) is 0 Å². The lowest BCUT2D eigenvalue weighted by molar-refractivity contribution is -0.385. The van der Waals surface area contributed by atoms with Crippen molar-refractivity contribution in [3.05, 3.63) is 33.9 Å². The van der Waals surface area contributed by atoms with Gasteiger partial charge in [0.2, 0.25) is 5.91 Å². The van der Waals surface area contributed by atoms with Gasteiger partial charge in [-0.05, 0) is 38.3 Å². The first-order valence-electron chi connectivity index (χ1n) is 6.73. The van der Waals surface area contributed by atoms with Gasteiger partial charge in [-0.25, -0.2) is 0 Å². The molecule has 1 aromatic rings. The van der Waals surface area contributed by atoms with E-state index in [4.69, 9.17) is 4.74 Å². The Hall–Kier alpha value is -1.95. The van der Waals surface area contributed by atoms with Crippen LogP contribution in [0.2, 0.25) is 0 Å². The molecule has 1 aliphatic heterocycles. The Morgan fingerprint density at radius 3 is 2.90 bits per heavy atom. The number of nitro benzene ring substituents is 1. The predicted octanol–water partition coefficient (Wildman–Crippen LogP) is 2.80. The maximum absolute atomic E-state index is 11.9. The van der Waals surface area contributed by atoms with E-state index in [1.165, 1.54) is 6.07 Å². The average molecular weight is 278 g/mol. The van der Waals surface area contributed by atoms with Gasteiger partial charge >= 0.3 is 0 Å². The number of hydrogen-bond acceptors (Lipinski definition) is 4. The molecule has 0 bridgehead atoms. The zero-order chi connectivity index (χ0) is 14.5. The molecule has 6 nitrogen and oxygen atoms in total. The van der Waals surface area contributed by atoms with E-state index >= 15 is 0 Å². The number of amides is 1. The number of carbonyl (C=O) groups excluding carboxylic acids is 1. The SMILES string of the molecule is Cc1cc(NC(=O)CC2CCCCO2)ccc1[N+](=O)[O-]. The molecule has 1 aliphatic rings. The Morgan fingerprint density at radius 2 is 2.30 bits per heavy atom. The van der Waals surface area contributed by atoms with Crippen LogP contribution in [0.5, 0.6) is 0 Å². The summed E-state index contributed by atoms with van der Waals surface area (Å²) in [5.41, 5.74) is 1.16. The molecule has 1 atom stereocenters. The molecule has 0 radical (unpaired) electrons. The van der Waals surface area contributed by atoms with E-state index in [0.717, 1.165) is 19.3 Å². The molecule has 2 rings (SSSR count). The van der Waals surface area contributed by atoms with Crippen molar-refractivity contribution in [2.24, 2.45) is 0 Å². The fourth-order valence-corrected chi connectivity index (χ4v) is 2.33. The minimum atomic E-state index is -0.434. The Labute approximate surface area is 117 Å². The largest absolute Gasteiger partial charge is 0.378 e. The number of ether oxygens (including phenoxy) is 1. The molecule has 0 aliphatic carbocycles. The predicted molar refractivity (Wildman–Crippen MR) is 74.7 cm³/mol. The van der Waals surface area contributed by atoms with E-state index in [1.54, 1.807) is 19.1 Å². The van der Waals surface area contributed by atoms with Gasteiger partial charge in [0.05, 0.1) is 17.4 Å². The van der Waals surface area contributed by atoms with Crippen LogP contribution in [0, 0.1) is 17.0 Å². The summed E-state index contributed by atoms with van der Waals surface area (Å²) < 4.78 is 5.51. The molecule has 108 valence electrons.